The number of fused-ring (bicyclic) bond motifs is 3. The lowest BCUT2D eigenvalue weighted by Gasteiger charge is -2.17. The zero-order valence-corrected chi connectivity index (χ0v) is 15.7. The summed E-state index contributed by atoms with van der Waals surface area (Å²) >= 11 is 1.60. The van der Waals surface area contributed by atoms with E-state index in [9.17, 15) is 9.59 Å². The summed E-state index contributed by atoms with van der Waals surface area (Å²) in [7, 11) is 0. The van der Waals surface area contributed by atoms with Crippen LogP contribution in [-0.4, -0.2) is 26.7 Å². The molecule has 0 bridgehead atoms. The smallest absolute Gasteiger partial charge is 0.262 e. The van der Waals surface area contributed by atoms with Gasteiger partial charge in [-0.05, 0) is 42.9 Å². The minimum atomic E-state index is -0.386. The summed E-state index contributed by atoms with van der Waals surface area (Å²) in [4.78, 5) is 35.5. The molecular formula is C19H19N5O2S. The van der Waals surface area contributed by atoms with Crippen molar-refractivity contribution in [1.82, 2.24) is 20.0 Å². The maximum absolute atomic E-state index is 12.9. The number of hydrazone groups is 1. The number of aryl methyl sites for hydroxylation is 1. The fourth-order valence-electron chi connectivity index (χ4n) is 3.29. The Balaban J connectivity index is 1.52. The summed E-state index contributed by atoms with van der Waals surface area (Å²) in [5, 5.41) is 4.55. The van der Waals surface area contributed by atoms with Crippen LogP contribution in [0.5, 0.6) is 0 Å². The lowest BCUT2D eigenvalue weighted by molar-refractivity contribution is -0.121. The minimum Gasteiger partial charge on any atom is -0.289 e. The summed E-state index contributed by atoms with van der Waals surface area (Å²) in [6, 6.07) is 5.41. The van der Waals surface area contributed by atoms with E-state index in [1.165, 1.54) is 22.0 Å². The molecule has 7 nitrogen and oxygen atoms in total. The van der Waals surface area contributed by atoms with Crippen molar-refractivity contribution in [2.24, 2.45) is 11.0 Å². The van der Waals surface area contributed by atoms with Crippen LogP contribution < -0.4 is 11.0 Å². The van der Waals surface area contributed by atoms with E-state index in [-0.39, 0.29) is 18.0 Å². The molecule has 4 rings (SSSR count). The Bertz CT molecular complexity index is 1070. The SMILES string of the molecule is C[C@@H]1CCc2c(sc3ncn(CC(=O)NN=Cc4ccccn4)c(=O)c23)C1. The van der Waals surface area contributed by atoms with Gasteiger partial charge >= 0.3 is 0 Å². The Morgan fingerprint density at radius 1 is 1.44 bits per heavy atom. The third-order valence-electron chi connectivity index (χ3n) is 4.67. The van der Waals surface area contributed by atoms with Crippen LogP contribution in [-0.2, 0) is 24.2 Å². The Kier molecular flexibility index (Phi) is 4.81. The molecule has 0 aromatic carbocycles. The monoisotopic (exact) mass is 381 g/mol. The first-order valence-corrected chi connectivity index (χ1v) is 9.66. The number of aromatic nitrogens is 3. The first-order chi connectivity index (χ1) is 13.1. The number of nitrogens with one attached hydrogen (secondary N) is 1. The van der Waals surface area contributed by atoms with Gasteiger partial charge in [0.1, 0.15) is 11.4 Å². The second kappa shape index (κ2) is 7.40. The van der Waals surface area contributed by atoms with Gasteiger partial charge in [0.05, 0.1) is 23.6 Å². The van der Waals surface area contributed by atoms with Crippen LogP contribution in [0.25, 0.3) is 10.2 Å². The molecule has 1 amide bonds. The molecule has 3 aromatic heterocycles. The van der Waals surface area contributed by atoms with Gasteiger partial charge in [-0.25, -0.2) is 10.4 Å². The molecule has 1 N–H and O–H groups in total. The highest BCUT2D eigenvalue weighted by Gasteiger charge is 2.23. The van der Waals surface area contributed by atoms with E-state index in [2.05, 4.69) is 27.4 Å². The molecule has 27 heavy (non-hydrogen) atoms. The third kappa shape index (κ3) is 3.66. The van der Waals surface area contributed by atoms with Gasteiger partial charge in [-0.1, -0.05) is 13.0 Å². The lowest BCUT2D eigenvalue weighted by Crippen LogP contribution is -2.30. The van der Waals surface area contributed by atoms with Crippen LogP contribution in [0.2, 0.25) is 0 Å². The highest BCUT2D eigenvalue weighted by Crippen LogP contribution is 2.35. The molecular weight excluding hydrogens is 362 g/mol. The minimum absolute atomic E-state index is 0.123. The summed E-state index contributed by atoms with van der Waals surface area (Å²) < 4.78 is 1.35. The van der Waals surface area contributed by atoms with Gasteiger partial charge in [-0.2, -0.15) is 5.10 Å². The third-order valence-corrected chi connectivity index (χ3v) is 5.83. The van der Waals surface area contributed by atoms with Crippen LogP contribution in [0.15, 0.2) is 40.6 Å². The van der Waals surface area contributed by atoms with Crippen molar-refractivity contribution in [2.75, 3.05) is 0 Å². The summed E-state index contributed by atoms with van der Waals surface area (Å²) in [5.74, 6) is 0.249. The van der Waals surface area contributed by atoms with Gasteiger partial charge in [0, 0.05) is 11.1 Å². The quantitative estimate of drug-likeness (QED) is 0.554. The molecule has 0 radical (unpaired) electrons. The number of rotatable bonds is 4. The molecule has 1 atom stereocenters. The van der Waals surface area contributed by atoms with E-state index in [1.54, 1.807) is 29.7 Å². The molecule has 1 aliphatic carbocycles. The highest BCUT2D eigenvalue weighted by molar-refractivity contribution is 7.18. The molecule has 0 saturated heterocycles. The number of carbonyl (C=O) groups excluding carboxylic acids is 1. The van der Waals surface area contributed by atoms with Crippen molar-refractivity contribution in [3.05, 3.63) is 57.2 Å². The van der Waals surface area contributed by atoms with Crippen molar-refractivity contribution >= 4 is 33.7 Å². The van der Waals surface area contributed by atoms with E-state index in [0.29, 0.717) is 17.0 Å². The van der Waals surface area contributed by atoms with Crippen LogP contribution in [0.4, 0.5) is 0 Å². The Morgan fingerprint density at radius 2 is 2.33 bits per heavy atom. The van der Waals surface area contributed by atoms with Crippen molar-refractivity contribution in [2.45, 2.75) is 32.7 Å². The lowest BCUT2D eigenvalue weighted by atomic mass is 9.89. The van der Waals surface area contributed by atoms with Gasteiger partial charge in [0.25, 0.3) is 11.5 Å². The van der Waals surface area contributed by atoms with Gasteiger partial charge in [-0.15, -0.1) is 11.3 Å². The van der Waals surface area contributed by atoms with Gasteiger partial charge in [0.2, 0.25) is 0 Å². The largest absolute Gasteiger partial charge is 0.289 e. The van der Waals surface area contributed by atoms with E-state index < -0.39 is 0 Å². The maximum Gasteiger partial charge on any atom is 0.262 e. The normalized spacial score (nSPS) is 16.6. The Labute approximate surface area is 159 Å². The van der Waals surface area contributed by atoms with E-state index >= 15 is 0 Å². The molecule has 3 aromatic rings. The number of pyridine rings is 1. The van der Waals surface area contributed by atoms with Crippen molar-refractivity contribution in [1.29, 1.82) is 0 Å². The number of carbonyl (C=O) groups is 1. The maximum atomic E-state index is 12.9. The highest BCUT2D eigenvalue weighted by atomic mass is 32.1. The van der Waals surface area contributed by atoms with E-state index in [1.807, 2.05) is 6.07 Å². The van der Waals surface area contributed by atoms with Crippen LogP contribution >= 0.6 is 11.3 Å². The van der Waals surface area contributed by atoms with E-state index in [4.69, 9.17) is 0 Å². The van der Waals surface area contributed by atoms with E-state index in [0.717, 1.165) is 29.7 Å². The van der Waals surface area contributed by atoms with Gasteiger partial charge in [0.15, 0.2) is 0 Å². The van der Waals surface area contributed by atoms with Crippen LogP contribution in [0.1, 0.15) is 29.5 Å². The number of nitrogens with zero attached hydrogens (tertiary/aromatic N) is 4. The molecule has 1 aliphatic rings. The summed E-state index contributed by atoms with van der Waals surface area (Å²) in [5.41, 5.74) is 4.02. The summed E-state index contributed by atoms with van der Waals surface area (Å²) in [6.07, 6.45) is 7.52. The second-order valence-corrected chi connectivity index (χ2v) is 7.84. The number of hydrogen-bond acceptors (Lipinski definition) is 6. The molecule has 0 saturated carbocycles. The number of amides is 1. The molecule has 3 heterocycles. The first kappa shape index (κ1) is 17.5. The average molecular weight is 381 g/mol. The zero-order chi connectivity index (χ0) is 18.8. The predicted molar refractivity (Wildman–Crippen MR) is 105 cm³/mol. The topological polar surface area (TPSA) is 89.2 Å². The number of thiophene rings is 1. The van der Waals surface area contributed by atoms with Crippen molar-refractivity contribution in [3.8, 4) is 0 Å². The second-order valence-electron chi connectivity index (χ2n) is 6.76. The first-order valence-electron chi connectivity index (χ1n) is 8.84. The molecule has 8 heteroatoms. The number of hydrogen-bond donors (Lipinski definition) is 1. The fourth-order valence-corrected chi connectivity index (χ4v) is 4.63. The molecule has 0 unspecified atom stereocenters. The standard InChI is InChI=1S/C19H19N5O2S/c1-12-5-6-14-15(8-12)27-18-17(14)19(26)24(11-21-18)10-16(25)23-22-9-13-4-2-3-7-20-13/h2-4,7,9,11-12H,5-6,8,10H2,1H3,(H,23,25)/t12-/m1/s1. The Hall–Kier alpha value is -2.87. The average Bonchev–Trinajstić information content (AvgIpc) is 3.03. The van der Waals surface area contributed by atoms with Crippen LogP contribution in [0.3, 0.4) is 0 Å². The van der Waals surface area contributed by atoms with Gasteiger partial charge in [-0.3, -0.25) is 19.1 Å². The molecule has 0 aliphatic heterocycles. The van der Waals surface area contributed by atoms with Crippen LogP contribution in [0, 0.1) is 5.92 Å². The summed E-state index contributed by atoms with van der Waals surface area (Å²) in [6.45, 7) is 2.11. The van der Waals surface area contributed by atoms with Crippen molar-refractivity contribution in [3.63, 3.8) is 0 Å². The molecule has 0 fully saturated rings. The molecule has 0 spiro atoms. The Morgan fingerprint density at radius 3 is 3.15 bits per heavy atom. The van der Waals surface area contributed by atoms with Crippen molar-refractivity contribution < 1.29 is 4.79 Å². The zero-order valence-electron chi connectivity index (χ0n) is 14.9. The predicted octanol–water partition coefficient (Wildman–Crippen LogP) is 2.13. The fraction of sp³-hybridized carbons (Fsp3) is 0.316. The van der Waals surface area contributed by atoms with Gasteiger partial charge < -0.3 is 0 Å². The molecule has 138 valence electrons.